The molecular weight excluding hydrogens is 242 g/mol. The van der Waals surface area contributed by atoms with Crippen molar-refractivity contribution in [2.75, 3.05) is 5.75 Å². The summed E-state index contributed by atoms with van der Waals surface area (Å²) in [6, 6.07) is 0.692. The lowest BCUT2D eigenvalue weighted by Crippen LogP contribution is -2.24. The van der Waals surface area contributed by atoms with Crippen LogP contribution in [0.5, 0.6) is 0 Å². The molecule has 1 heterocycles. The summed E-state index contributed by atoms with van der Waals surface area (Å²) in [6.45, 7) is 6.60. The van der Waals surface area contributed by atoms with E-state index in [1.54, 1.807) is 0 Å². The van der Waals surface area contributed by atoms with Crippen LogP contribution in [0, 0.1) is 5.92 Å². The Morgan fingerprint density at radius 1 is 1.50 bits per heavy atom. The predicted molar refractivity (Wildman–Crippen MR) is 78.8 cm³/mol. The minimum atomic E-state index is 0.0976. The smallest absolute Gasteiger partial charge is 0.0951 e. The SMILES string of the molecule is CCSC1CCCC1n1cncc1C(N)C(C)C. The van der Waals surface area contributed by atoms with Gasteiger partial charge in [0.25, 0.3) is 0 Å². The maximum Gasteiger partial charge on any atom is 0.0951 e. The first kappa shape index (κ1) is 13.9. The van der Waals surface area contributed by atoms with Gasteiger partial charge in [0.2, 0.25) is 0 Å². The Hall–Kier alpha value is -0.480. The summed E-state index contributed by atoms with van der Waals surface area (Å²) in [6.07, 6.45) is 7.87. The number of aromatic nitrogens is 2. The third-order valence-corrected chi connectivity index (χ3v) is 5.22. The minimum Gasteiger partial charge on any atom is -0.329 e. The summed E-state index contributed by atoms with van der Waals surface area (Å²) >= 11 is 2.08. The van der Waals surface area contributed by atoms with Crippen LogP contribution in [-0.2, 0) is 0 Å². The Bertz CT molecular complexity index is 375. The van der Waals surface area contributed by atoms with Gasteiger partial charge >= 0.3 is 0 Å². The van der Waals surface area contributed by atoms with E-state index in [1.165, 1.54) is 30.7 Å². The Kier molecular flexibility index (Phi) is 4.73. The van der Waals surface area contributed by atoms with Crippen molar-refractivity contribution in [2.24, 2.45) is 11.7 Å². The Morgan fingerprint density at radius 2 is 2.28 bits per heavy atom. The van der Waals surface area contributed by atoms with Gasteiger partial charge < -0.3 is 10.3 Å². The van der Waals surface area contributed by atoms with E-state index in [0.29, 0.717) is 12.0 Å². The number of thioether (sulfide) groups is 1. The van der Waals surface area contributed by atoms with Crippen LogP contribution in [0.25, 0.3) is 0 Å². The van der Waals surface area contributed by atoms with Crippen molar-refractivity contribution in [3.05, 3.63) is 18.2 Å². The van der Waals surface area contributed by atoms with Gasteiger partial charge in [0.05, 0.1) is 12.0 Å². The second kappa shape index (κ2) is 6.11. The van der Waals surface area contributed by atoms with Crippen molar-refractivity contribution in [2.45, 2.75) is 57.4 Å². The van der Waals surface area contributed by atoms with Crippen LogP contribution in [0.4, 0.5) is 0 Å². The average molecular weight is 267 g/mol. The molecule has 2 rings (SSSR count). The van der Waals surface area contributed by atoms with Gasteiger partial charge in [-0.25, -0.2) is 4.98 Å². The fourth-order valence-corrected chi connectivity index (χ4v) is 4.08. The van der Waals surface area contributed by atoms with E-state index in [4.69, 9.17) is 5.73 Å². The van der Waals surface area contributed by atoms with Crippen molar-refractivity contribution in [3.8, 4) is 0 Å². The van der Waals surface area contributed by atoms with Gasteiger partial charge in [-0.3, -0.25) is 0 Å². The topological polar surface area (TPSA) is 43.8 Å². The van der Waals surface area contributed by atoms with E-state index in [0.717, 1.165) is 5.25 Å². The lowest BCUT2D eigenvalue weighted by Gasteiger charge is -2.25. The van der Waals surface area contributed by atoms with Crippen molar-refractivity contribution in [3.63, 3.8) is 0 Å². The highest BCUT2D eigenvalue weighted by Crippen LogP contribution is 2.39. The van der Waals surface area contributed by atoms with Crippen molar-refractivity contribution >= 4 is 11.8 Å². The molecule has 1 saturated carbocycles. The van der Waals surface area contributed by atoms with Crippen LogP contribution in [0.1, 0.15) is 57.8 Å². The molecule has 1 fully saturated rings. The average Bonchev–Trinajstić information content (AvgIpc) is 2.95. The Labute approximate surface area is 115 Å². The van der Waals surface area contributed by atoms with Crippen LogP contribution in [0.2, 0.25) is 0 Å². The summed E-state index contributed by atoms with van der Waals surface area (Å²) in [5, 5.41) is 0.738. The lowest BCUT2D eigenvalue weighted by molar-refractivity contribution is 0.440. The normalized spacial score (nSPS) is 25.8. The van der Waals surface area contributed by atoms with Crippen LogP contribution >= 0.6 is 11.8 Å². The Morgan fingerprint density at radius 3 is 2.94 bits per heavy atom. The van der Waals surface area contributed by atoms with Crippen molar-refractivity contribution in [1.29, 1.82) is 0 Å². The largest absolute Gasteiger partial charge is 0.329 e. The molecule has 0 saturated heterocycles. The van der Waals surface area contributed by atoms with Crippen LogP contribution < -0.4 is 5.73 Å². The van der Waals surface area contributed by atoms with Gasteiger partial charge in [-0.15, -0.1) is 0 Å². The molecule has 0 radical (unpaired) electrons. The number of nitrogens with zero attached hydrogens (tertiary/aromatic N) is 2. The molecule has 0 spiro atoms. The third kappa shape index (κ3) is 2.75. The van der Waals surface area contributed by atoms with Gasteiger partial charge in [0.1, 0.15) is 0 Å². The molecule has 3 atom stereocenters. The van der Waals surface area contributed by atoms with Gasteiger partial charge in [-0.1, -0.05) is 27.2 Å². The van der Waals surface area contributed by atoms with Crippen molar-refractivity contribution in [1.82, 2.24) is 9.55 Å². The van der Waals surface area contributed by atoms with Crippen LogP contribution in [0.15, 0.2) is 12.5 Å². The van der Waals surface area contributed by atoms with Gasteiger partial charge in [-0.05, 0) is 24.5 Å². The van der Waals surface area contributed by atoms with Gasteiger partial charge in [0, 0.05) is 23.5 Å². The summed E-state index contributed by atoms with van der Waals surface area (Å²) < 4.78 is 2.35. The predicted octanol–water partition coefficient (Wildman–Crippen LogP) is 3.39. The number of imidazole rings is 1. The standard InChI is InChI=1S/C14H25N3S/c1-4-18-13-7-5-6-11(13)17-9-16-8-12(17)14(15)10(2)3/h8-11,13-14H,4-7,15H2,1-3H3. The molecule has 0 bridgehead atoms. The first-order chi connectivity index (χ1) is 8.65. The molecule has 3 nitrogen and oxygen atoms in total. The number of hydrogen-bond acceptors (Lipinski definition) is 3. The molecule has 2 N–H and O–H groups in total. The molecule has 3 unspecified atom stereocenters. The highest BCUT2D eigenvalue weighted by atomic mass is 32.2. The van der Waals surface area contributed by atoms with E-state index in [-0.39, 0.29) is 6.04 Å². The molecule has 1 aliphatic rings. The Balaban J connectivity index is 2.20. The molecule has 1 aromatic rings. The van der Waals surface area contributed by atoms with E-state index in [9.17, 15) is 0 Å². The van der Waals surface area contributed by atoms with Gasteiger partial charge in [-0.2, -0.15) is 11.8 Å². The third-order valence-electron chi connectivity index (χ3n) is 3.91. The molecule has 0 amide bonds. The summed E-state index contributed by atoms with van der Waals surface area (Å²) in [7, 11) is 0. The second-order valence-corrected chi connectivity index (χ2v) is 7.00. The van der Waals surface area contributed by atoms with Crippen LogP contribution in [-0.4, -0.2) is 20.6 Å². The fraction of sp³-hybridized carbons (Fsp3) is 0.786. The van der Waals surface area contributed by atoms with Crippen molar-refractivity contribution < 1.29 is 0 Å². The molecule has 4 heteroatoms. The highest BCUT2D eigenvalue weighted by molar-refractivity contribution is 7.99. The first-order valence-electron chi connectivity index (χ1n) is 7.04. The summed E-state index contributed by atoms with van der Waals surface area (Å²) in [4.78, 5) is 4.34. The first-order valence-corrected chi connectivity index (χ1v) is 8.09. The zero-order valence-electron chi connectivity index (χ0n) is 11.7. The number of nitrogens with two attached hydrogens (primary N) is 1. The molecular formula is C14H25N3S. The highest BCUT2D eigenvalue weighted by Gasteiger charge is 2.30. The second-order valence-electron chi connectivity index (χ2n) is 5.49. The molecule has 1 aromatic heterocycles. The van der Waals surface area contributed by atoms with E-state index < -0.39 is 0 Å². The quantitative estimate of drug-likeness (QED) is 0.889. The zero-order chi connectivity index (χ0) is 13.1. The maximum atomic E-state index is 6.30. The van der Waals surface area contributed by atoms with E-state index in [2.05, 4.69) is 42.1 Å². The molecule has 0 aromatic carbocycles. The monoisotopic (exact) mass is 267 g/mol. The molecule has 1 aliphatic carbocycles. The van der Waals surface area contributed by atoms with Crippen LogP contribution in [0.3, 0.4) is 0 Å². The zero-order valence-corrected chi connectivity index (χ0v) is 12.5. The fourth-order valence-electron chi connectivity index (χ4n) is 2.82. The summed E-state index contributed by atoms with van der Waals surface area (Å²) in [5.74, 6) is 1.65. The minimum absolute atomic E-state index is 0.0976. The van der Waals surface area contributed by atoms with Gasteiger partial charge in [0.15, 0.2) is 0 Å². The molecule has 0 aliphatic heterocycles. The lowest BCUT2D eigenvalue weighted by atomic mass is 10.0. The van der Waals surface area contributed by atoms with E-state index >= 15 is 0 Å². The molecule has 18 heavy (non-hydrogen) atoms. The summed E-state index contributed by atoms with van der Waals surface area (Å²) in [5.41, 5.74) is 7.51. The molecule has 102 valence electrons. The number of rotatable bonds is 5. The number of hydrogen-bond donors (Lipinski definition) is 1. The van der Waals surface area contributed by atoms with E-state index in [1.807, 2.05) is 12.5 Å². The maximum absolute atomic E-state index is 6.30.